The molecule has 30 heavy (non-hydrogen) atoms. The third-order valence-electron chi connectivity index (χ3n) is 4.03. The first kappa shape index (κ1) is 21.0. The molecule has 3 aromatic rings. The Bertz CT molecular complexity index is 1100. The van der Waals surface area contributed by atoms with E-state index in [4.69, 9.17) is 4.74 Å². The molecule has 8 nitrogen and oxygen atoms in total. The number of hydrogen-bond donors (Lipinski definition) is 2. The Labute approximate surface area is 180 Å². The number of non-ortho nitro benzene ring substituents is 1. The largest absolute Gasteiger partial charge is 0.507 e. The fourth-order valence-corrected chi connectivity index (χ4v) is 2.77. The number of hydrazone groups is 1. The van der Waals surface area contributed by atoms with Crippen LogP contribution in [0.4, 0.5) is 5.69 Å². The van der Waals surface area contributed by atoms with Gasteiger partial charge in [0, 0.05) is 22.2 Å². The number of halogens is 1. The molecular weight excluding hydrogens is 454 g/mol. The van der Waals surface area contributed by atoms with E-state index in [-0.39, 0.29) is 29.2 Å². The van der Waals surface area contributed by atoms with Crippen molar-refractivity contribution in [1.29, 1.82) is 0 Å². The fourth-order valence-electron chi connectivity index (χ4n) is 2.50. The van der Waals surface area contributed by atoms with E-state index in [9.17, 15) is 20.0 Å². The predicted octanol–water partition coefficient (Wildman–Crippen LogP) is 4.41. The summed E-state index contributed by atoms with van der Waals surface area (Å²) in [6.07, 6.45) is 1.13. The number of phenols is 1. The van der Waals surface area contributed by atoms with Crippen LogP contribution in [-0.2, 0) is 6.61 Å². The minimum atomic E-state index is -0.589. The van der Waals surface area contributed by atoms with Gasteiger partial charge in [0.1, 0.15) is 18.1 Å². The van der Waals surface area contributed by atoms with Crippen LogP contribution >= 0.6 is 15.9 Å². The van der Waals surface area contributed by atoms with Gasteiger partial charge < -0.3 is 9.84 Å². The first-order valence-electron chi connectivity index (χ1n) is 8.71. The number of hydrogen-bond acceptors (Lipinski definition) is 6. The normalized spacial score (nSPS) is 10.7. The number of amides is 1. The smallest absolute Gasteiger partial charge is 0.275 e. The van der Waals surface area contributed by atoms with Crippen LogP contribution in [0.2, 0.25) is 0 Å². The molecule has 0 radical (unpaired) electrons. The summed E-state index contributed by atoms with van der Waals surface area (Å²) in [5.41, 5.74) is 3.44. The second-order valence-electron chi connectivity index (χ2n) is 6.11. The SMILES string of the molecule is O=C(NN=Cc1cc([N+](=O)[O-])ccc1O)c1ccccc1OCc1ccc(Br)cc1. The number of rotatable bonds is 7. The summed E-state index contributed by atoms with van der Waals surface area (Å²) in [6.45, 7) is 0.280. The van der Waals surface area contributed by atoms with Crippen molar-refractivity contribution in [2.75, 3.05) is 0 Å². The summed E-state index contributed by atoms with van der Waals surface area (Å²) in [6, 6.07) is 17.8. The number of aromatic hydroxyl groups is 1. The molecule has 3 aromatic carbocycles. The van der Waals surface area contributed by atoms with Gasteiger partial charge in [-0.2, -0.15) is 5.10 Å². The molecule has 152 valence electrons. The number of para-hydroxylation sites is 1. The number of nitro groups is 1. The predicted molar refractivity (Wildman–Crippen MR) is 115 cm³/mol. The van der Waals surface area contributed by atoms with Gasteiger partial charge in [0.2, 0.25) is 0 Å². The molecule has 0 aromatic heterocycles. The summed E-state index contributed by atoms with van der Waals surface area (Å²) in [4.78, 5) is 22.7. The Morgan fingerprint density at radius 2 is 1.90 bits per heavy atom. The molecule has 9 heteroatoms. The summed E-state index contributed by atoms with van der Waals surface area (Å²) in [7, 11) is 0. The monoisotopic (exact) mass is 469 g/mol. The number of nitrogens with one attached hydrogen (secondary N) is 1. The van der Waals surface area contributed by atoms with E-state index in [1.165, 1.54) is 12.1 Å². The average Bonchev–Trinajstić information content (AvgIpc) is 2.74. The molecule has 3 rings (SSSR count). The van der Waals surface area contributed by atoms with E-state index in [0.717, 1.165) is 22.3 Å². The Morgan fingerprint density at radius 1 is 1.17 bits per heavy atom. The van der Waals surface area contributed by atoms with Crippen LogP contribution in [0.25, 0.3) is 0 Å². The van der Waals surface area contributed by atoms with Gasteiger partial charge in [0.15, 0.2) is 0 Å². The first-order valence-corrected chi connectivity index (χ1v) is 9.50. The summed E-state index contributed by atoms with van der Waals surface area (Å²) < 4.78 is 6.72. The second kappa shape index (κ2) is 9.66. The number of carbonyl (C=O) groups is 1. The van der Waals surface area contributed by atoms with Gasteiger partial charge >= 0.3 is 0 Å². The van der Waals surface area contributed by atoms with Crippen LogP contribution in [-0.4, -0.2) is 22.2 Å². The molecule has 0 saturated heterocycles. The minimum absolute atomic E-state index is 0.101. The van der Waals surface area contributed by atoms with Crippen LogP contribution in [0.1, 0.15) is 21.5 Å². The third-order valence-corrected chi connectivity index (χ3v) is 4.56. The van der Waals surface area contributed by atoms with Gasteiger partial charge in [0.25, 0.3) is 11.6 Å². The minimum Gasteiger partial charge on any atom is -0.507 e. The van der Waals surface area contributed by atoms with E-state index in [2.05, 4.69) is 26.5 Å². The molecule has 0 fully saturated rings. The van der Waals surface area contributed by atoms with Crippen molar-refractivity contribution >= 4 is 33.7 Å². The number of carbonyl (C=O) groups excluding carboxylic acids is 1. The van der Waals surface area contributed by atoms with Gasteiger partial charge in [0.05, 0.1) is 16.7 Å². The van der Waals surface area contributed by atoms with E-state index in [0.29, 0.717) is 5.75 Å². The van der Waals surface area contributed by atoms with Crippen LogP contribution < -0.4 is 10.2 Å². The summed E-state index contributed by atoms with van der Waals surface area (Å²) in [5.74, 6) is -0.342. The Hall–Kier alpha value is -3.72. The van der Waals surface area contributed by atoms with Gasteiger partial charge in [-0.1, -0.05) is 40.2 Å². The molecule has 0 atom stereocenters. The highest BCUT2D eigenvalue weighted by atomic mass is 79.9. The maximum Gasteiger partial charge on any atom is 0.275 e. The lowest BCUT2D eigenvalue weighted by atomic mass is 10.2. The van der Waals surface area contributed by atoms with Crippen LogP contribution in [0.15, 0.2) is 76.3 Å². The maximum atomic E-state index is 12.5. The molecule has 0 aliphatic carbocycles. The van der Waals surface area contributed by atoms with Crippen molar-refractivity contribution in [3.63, 3.8) is 0 Å². The van der Waals surface area contributed by atoms with Crippen molar-refractivity contribution in [2.45, 2.75) is 6.61 Å². The van der Waals surface area contributed by atoms with Gasteiger partial charge in [-0.15, -0.1) is 0 Å². The van der Waals surface area contributed by atoms with E-state index in [1.807, 2.05) is 24.3 Å². The van der Waals surface area contributed by atoms with Crippen molar-refractivity contribution in [3.05, 3.63) is 98.0 Å². The van der Waals surface area contributed by atoms with E-state index < -0.39 is 10.8 Å². The van der Waals surface area contributed by atoms with Crippen molar-refractivity contribution < 1.29 is 19.6 Å². The van der Waals surface area contributed by atoms with Gasteiger partial charge in [-0.05, 0) is 35.9 Å². The molecular formula is C21H16BrN3O5. The highest BCUT2D eigenvalue weighted by molar-refractivity contribution is 9.10. The molecule has 0 bridgehead atoms. The van der Waals surface area contributed by atoms with Crippen LogP contribution in [0, 0.1) is 10.1 Å². The molecule has 0 spiro atoms. The Kier molecular flexibility index (Phi) is 6.76. The van der Waals surface area contributed by atoms with Crippen molar-refractivity contribution in [2.24, 2.45) is 5.10 Å². The second-order valence-corrected chi connectivity index (χ2v) is 7.03. The average molecular weight is 470 g/mol. The van der Waals surface area contributed by atoms with E-state index >= 15 is 0 Å². The molecule has 0 aliphatic rings. The Balaban J connectivity index is 1.69. The molecule has 2 N–H and O–H groups in total. The van der Waals surface area contributed by atoms with Crippen molar-refractivity contribution in [3.8, 4) is 11.5 Å². The zero-order chi connectivity index (χ0) is 21.5. The van der Waals surface area contributed by atoms with Gasteiger partial charge in [-0.25, -0.2) is 5.43 Å². The lowest BCUT2D eigenvalue weighted by Crippen LogP contribution is -2.18. The summed E-state index contributed by atoms with van der Waals surface area (Å²) in [5, 5.41) is 24.4. The fraction of sp³-hybridized carbons (Fsp3) is 0.0476. The zero-order valence-corrected chi connectivity index (χ0v) is 17.1. The lowest BCUT2D eigenvalue weighted by Gasteiger charge is -2.10. The highest BCUT2D eigenvalue weighted by Gasteiger charge is 2.12. The van der Waals surface area contributed by atoms with Crippen molar-refractivity contribution in [1.82, 2.24) is 5.43 Å². The standard InChI is InChI=1S/C21H16BrN3O5/c22-16-7-5-14(6-8-16)13-30-20-4-2-1-3-18(20)21(27)24-23-12-15-11-17(25(28)29)9-10-19(15)26/h1-12,26H,13H2,(H,24,27). The molecule has 0 unspecified atom stereocenters. The molecule has 0 aliphatic heterocycles. The first-order chi connectivity index (χ1) is 14.4. The highest BCUT2D eigenvalue weighted by Crippen LogP contribution is 2.22. The van der Waals surface area contributed by atoms with Crippen LogP contribution in [0.5, 0.6) is 11.5 Å². The van der Waals surface area contributed by atoms with Gasteiger partial charge in [-0.3, -0.25) is 14.9 Å². The topological polar surface area (TPSA) is 114 Å². The number of nitro benzene ring substituents is 1. The van der Waals surface area contributed by atoms with E-state index in [1.54, 1.807) is 24.3 Å². The number of phenolic OH excluding ortho intramolecular Hbond substituents is 1. The molecule has 0 saturated carbocycles. The maximum absolute atomic E-state index is 12.5. The quantitative estimate of drug-likeness (QED) is 0.302. The molecule has 0 heterocycles. The number of ether oxygens (including phenoxy) is 1. The lowest BCUT2D eigenvalue weighted by molar-refractivity contribution is -0.384. The Morgan fingerprint density at radius 3 is 2.63 bits per heavy atom. The zero-order valence-electron chi connectivity index (χ0n) is 15.5. The third kappa shape index (κ3) is 5.42. The summed E-state index contributed by atoms with van der Waals surface area (Å²) >= 11 is 3.37. The number of nitrogens with zero attached hydrogens (tertiary/aromatic N) is 2. The van der Waals surface area contributed by atoms with Crippen LogP contribution in [0.3, 0.4) is 0 Å². The number of benzene rings is 3. The molecule has 1 amide bonds.